The molecule has 0 spiro atoms. The van der Waals surface area contributed by atoms with Gasteiger partial charge >= 0.3 is 0 Å². The van der Waals surface area contributed by atoms with Gasteiger partial charge in [-0.3, -0.25) is 0 Å². The summed E-state index contributed by atoms with van der Waals surface area (Å²) in [5, 5.41) is 0. The lowest BCUT2D eigenvalue weighted by atomic mass is 9.31. The monoisotopic (exact) mass is 1190 g/mol. The minimum absolute atomic E-state index is 0.123. The van der Waals surface area contributed by atoms with E-state index in [2.05, 4.69) is 359 Å². The zero-order valence-corrected chi connectivity index (χ0v) is 50.9. The number of hydrogen-bond donors (Lipinski definition) is 0. The van der Waals surface area contributed by atoms with Crippen LogP contribution in [0.15, 0.2) is 350 Å². The van der Waals surface area contributed by atoms with E-state index in [9.17, 15) is 0 Å². The Kier molecular flexibility index (Phi) is 13.0. The van der Waals surface area contributed by atoms with Crippen molar-refractivity contribution in [3.05, 3.63) is 340 Å². The van der Waals surface area contributed by atoms with E-state index in [1.807, 2.05) is 11.8 Å². The summed E-state index contributed by atoms with van der Waals surface area (Å²) in [7, 11) is 0. The number of fused-ring (bicyclic) bond motifs is 8. The molecule has 18 rings (SSSR count). The summed E-state index contributed by atoms with van der Waals surface area (Å²) in [6, 6.07) is 124. The molecule has 0 N–H and O–H groups in total. The molecule has 0 radical (unpaired) electrons. The summed E-state index contributed by atoms with van der Waals surface area (Å²) in [6.07, 6.45) is 0. The fourth-order valence-electron chi connectivity index (χ4n) is 14.7. The molecule has 14 aromatic carbocycles. The van der Waals surface area contributed by atoms with Gasteiger partial charge in [-0.25, -0.2) is 0 Å². The van der Waals surface area contributed by atoms with Crippen molar-refractivity contribution in [3.8, 4) is 44.9 Å². The molecule has 4 aliphatic heterocycles. The van der Waals surface area contributed by atoms with E-state index in [1.54, 1.807) is 0 Å². The summed E-state index contributed by atoms with van der Waals surface area (Å²) < 4.78 is 7.25. The molecule has 0 amide bonds. The maximum Gasteiger partial charge on any atom is 0.253 e. The molecule has 4 heterocycles. The van der Waals surface area contributed by atoms with Gasteiger partial charge in [-0.1, -0.05) is 248 Å². The van der Waals surface area contributed by atoms with Crippen LogP contribution < -0.4 is 57.1 Å². The molecule has 0 saturated heterocycles. The molecule has 4 aliphatic rings. The number of rotatable bonds is 11. The van der Waals surface area contributed by atoms with Crippen molar-refractivity contribution in [1.29, 1.82) is 0 Å². The highest BCUT2D eigenvalue weighted by Crippen LogP contribution is 2.52. The van der Waals surface area contributed by atoms with Crippen LogP contribution in [0, 0.1) is 0 Å². The van der Waals surface area contributed by atoms with E-state index in [-0.39, 0.29) is 13.4 Å². The van der Waals surface area contributed by atoms with Crippen molar-refractivity contribution >= 4 is 126 Å². The highest BCUT2D eigenvalue weighted by atomic mass is 32.2. The van der Waals surface area contributed by atoms with Crippen LogP contribution in [0.3, 0.4) is 0 Å². The van der Waals surface area contributed by atoms with Crippen LogP contribution in [0.1, 0.15) is 0 Å². The zero-order valence-electron chi connectivity index (χ0n) is 50.1. The predicted molar refractivity (Wildman–Crippen MR) is 388 cm³/mol. The molecule has 14 aromatic rings. The summed E-state index contributed by atoms with van der Waals surface area (Å²) in [5.74, 6) is 1.74. The van der Waals surface area contributed by atoms with Gasteiger partial charge in [-0.05, 0) is 158 Å². The van der Waals surface area contributed by atoms with Gasteiger partial charge < -0.3 is 24.3 Å². The molecule has 0 bridgehead atoms. The summed E-state index contributed by atoms with van der Waals surface area (Å²) in [5.41, 5.74) is 27.5. The first-order chi connectivity index (χ1) is 45.6. The number of anilines is 12. The van der Waals surface area contributed by atoms with Crippen LogP contribution in [0.4, 0.5) is 68.2 Å². The molecular weight excluding hydrogens is 1130 g/mol. The average molecular weight is 1190 g/mol. The van der Waals surface area contributed by atoms with Gasteiger partial charge in [0.15, 0.2) is 0 Å². The molecule has 0 fully saturated rings. The molecule has 8 heteroatoms. The SMILES string of the molecule is c1ccc(-c2ccc(N(c3ccc(-c4ccccc4)cc3)c3cc4c5c(c3)Sc3cc6c(cc3B5c3ccccc3O4)B3c4ccccc4N(c4ccccc4)c4cc(N(c5ccccc5)c5ccccc5)cc(c43)N6c3ccccc3-c3ccccc3)cc2)cc1. The molecule has 92 heavy (non-hydrogen) atoms. The van der Waals surface area contributed by atoms with E-state index in [0.29, 0.717) is 0 Å². The van der Waals surface area contributed by atoms with Gasteiger partial charge in [-0.15, -0.1) is 0 Å². The van der Waals surface area contributed by atoms with Gasteiger partial charge in [0.05, 0.1) is 17.1 Å². The first-order valence-electron chi connectivity index (χ1n) is 31.5. The van der Waals surface area contributed by atoms with Gasteiger partial charge in [0.25, 0.3) is 13.4 Å². The van der Waals surface area contributed by atoms with Gasteiger partial charge in [0, 0.05) is 72.6 Å². The molecule has 0 aliphatic carbocycles. The van der Waals surface area contributed by atoms with E-state index in [4.69, 9.17) is 4.74 Å². The maximum absolute atomic E-state index is 7.25. The van der Waals surface area contributed by atoms with Crippen LogP contribution in [-0.4, -0.2) is 13.4 Å². The number of nitrogens with zero attached hydrogens (tertiary/aromatic N) is 4. The third-order valence-electron chi connectivity index (χ3n) is 18.7. The van der Waals surface area contributed by atoms with Crippen LogP contribution in [0.25, 0.3) is 33.4 Å². The van der Waals surface area contributed by atoms with E-state index >= 15 is 0 Å². The highest BCUT2D eigenvalue weighted by molar-refractivity contribution is 8.00. The maximum atomic E-state index is 7.25. The van der Waals surface area contributed by atoms with Crippen molar-refractivity contribution in [3.63, 3.8) is 0 Å². The lowest BCUT2D eigenvalue weighted by molar-refractivity contribution is 0.486. The molecule has 0 unspecified atom stereocenters. The second-order valence-electron chi connectivity index (χ2n) is 23.9. The molecule has 5 nitrogen and oxygen atoms in total. The van der Waals surface area contributed by atoms with Crippen molar-refractivity contribution in [2.24, 2.45) is 0 Å². The second kappa shape index (κ2) is 22.2. The third-order valence-corrected chi connectivity index (χ3v) is 19.8. The summed E-state index contributed by atoms with van der Waals surface area (Å²) in [6.45, 7) is -0.270. The quantitative estimate of drug-likeness (QED) is 0.120. The normalized spacial score (nSPS) is 12.7. The Balaban J connectivity index is 0.885. The molecular formula is C84H56B2N4OS. The minimum Gasteiger partial charge on any atom is -0.458 e. The van der Waals surface area contributed by atoms with Gasteiger partial charge in [-0.2, -0.15) is 0 Å². The van der Waals surface area contributed by atoms with Crippen LogP contribution >= 0.6 is 11.8 Å². The number of benzene rings is 14. The van der Waals surface area contributed by atoms with E-state index < -0.39 is 0 Å². The van der Waals surface area contributed by atoms with E-state index in [0.717, 1.165) is 112 Å². The fraction of sp³-hybridized carbons (Fsp3) is 0. The highest BCUT2D eigenvalue weighted by Gasteiger charge is 2.47. The zero-order chi connectivity index (χ0) is 60.6. The standard InChI is InChI=1S/C84H56B2N4OS/c1-7-25-57(26-8-1)59-43-47-65(48-44-59)88(66-49-45-60(46-50-66)58-27-9-2-10-28-58)68-53-80-84-82(54-68)92-81-56-76-72(55-73(81)86(84)71-39-21-24-42-79(71)91-80)85-70-38-20-23-41-75(70)89(64-35-17-6-18-36-64)77-51-67(87(62-31-13-4-14-32-62)63-33-15-5-16-34-63)52-78(83(77)85)90(76)74-40-22-19-37-69(74)61-29-11-3-12-30-61/h1-56H. The lowest BCUT2D eigenvalue weighted by Crippen LogP contribution is -2.64. The van der Waals surface area contributed by atoms with Crippen LogP contribution in [-0.2, 0) is 0 Å². The molecule has 0 atom stereocenters. The predicted octanol–water partition coefficient (Wildman–Crippen LogP) is 18.8. The van der Waals surface area contributed by atoms with Crippen molar-refractivity contribution in [2.45, 2.75) is 9.79 Å². The molecule has 430 valence electrons. The Morgan fingerprint density at radius 2 is 0.717 bits per heavy atom. The number of para-hydroxylation sites is 6. The van der Waals surface area contributed by atoms with Crippen molar-refractivity contribution in [2.75, 3.05) is 19.6 Å². The Morgan fingerprint density at radius 3 is 1.33 bits per heavy atom. The fourth-order valence-corrected chi connectivity index (χ4v) is 15.9. The number of hydrogen-bond acceptors (Lipinski definition) is 6. The third kappa shape index (κ3) is 8.97. The Labute approximate surface area is 541 Å². The number of ether oxygens (including phenoxy) is 1. The lowest BCUT2D eigenvalue weighted by Gasteiger charge is -2.46. The Hall–Kier alpha value is -11.4. The first kappa shape index (κ1) is 53.6. The Bertz CT molecular complexity index is 5000. The van der Waals surface area contributed by atoms with Crippen molar-refractivity contribution in [1.82, 2.24) is 0 Å². The average Bonchev–Trinajstić information content (AvgIpc) is 0.694. The minimum atomic E-state index is -0.147. The summed E-state index contributed by atoms with van der Waals surface area (Å²) in [4.78, 5) is 12.3. The first-order valence-corrected chi connectivity index (χ1v) is 32.4. The largest absolute Gasteiger partial charge is 0.458 e. The molecule has 0 aromatic heterocycles. The topological polar surface area (TPSA) is 22.2 Å². The second-order valence-corrected chi connectivity index (χ2v) is 25.0. The smallest absolute Gasteiger partial charge is 0.253 e. The summed E-state index contributed by atoms with van der Waals surface area (Å²) >= 11 is 1.86. The van der Waals surface area contributed by atoms with Crippen LogP contribution in [0.5, 0.6) is 11.5 Å². The molecule has 0 saturated carbocycles. The van der Waals surface area contributed by atoms with E-state index in [1.165, 1.54) is 43.3 Å². The van der Waals surface area contributed by atoms with Gasteiger partial charge in [0.2, 0.25) is 0 Å². The van der Waals surface area contributed by atoms with Gasteiger partial charge in [0.1, 0.15) is 11.5 Å². The van der Waals surface area contributed by atoms with Crippen molar-refractivity contribution < 1.29 is 4.74 Å². The Morgan fingerprint density at radius 1 is 0.261 bits per heavy atom. The van der Waals surface area contributed by atoms with Crippen LogP contribution in [0.2, 0.25) is 0 Å².